The molecule has 0 radical (unpaired) electrons. The minimum absolute atomic E-state index is 0.238. The lowest BCUT2D eigenvalue weighted by Gasteiger charge is -2.13. The Bertz CT molecular complexity index is 1470. The van der Waals surface area contributed by atoms with Crippen LogP contribution in [-0.4, -0.2) is 17.5 Å². The van der Waals surface area contributed by atoms with Gasteiger partial charge in [0, 0.05) is 28.8 Å². The predicted molar refractivity (Wildman–Crippen MR) is 142 cm³/mol. The maximum atomic E-state index is 13.0. The molecule has 2 amide bonds. The first-order valence-corrected chi connectivity index (χ1v) is 12.0. The fraction of sp³-hybridized carbons (Fsp3) is 0.138. The summed E-state index contributed by atoms with van der Waals surface area (Å²) in [6.07, 6.45) is 2.21. The third-order valence-electron chi connectivity index (χ3n) is 6.02. The molecule has 1 heterocycles. The molecule has 0 aliphatic heterocycles. The molecule has 0 unspecified atom stereocenters. The maximum absolute atomic E-state index is 13.0. The highest BCUT2D eigenvalue weighted by Crippen LogP contribution is 2.30. The second-order valence-electron chi connectivity index (χ2n) is 8.61. The van der Waals surface area contributed by atoms with Crippen LogP contribution >= 0.6 is 0 Å². The van der Waals surface area contributed by atoms with E-state index >= 15 is 0 Å². The van der Waals surface area contributed by atoms with Crippen molar-refractivity contribution in [3.8, 4) is 0 Å². The Morgan fingerprint density at radius 3 is 2.14 bits per heavy atom. The van der Waals surface area contributed by atoms with Crippen molar-refractivity contribution in [2.75, 3.05) is 5.32 Å². The quantitative estimate of drug-likeness (QED) is 0.231. The highest BCUT2D eigenvalue weighted by Gasteiger charge is 2.28. The Labute approximate surface area is 214 Å². The van der Waals surface area contributed by atoms with Gasteiger partial charge in [0.25, 0.3) is 11.8 Å². The van der Waals surface area contributed by atoms with E-state index in [1.807, 2.05) is 43.3 Å². The predicted octanol–water partition coefficient (Wildman–Crippen LogP) is 6.73. The second kappa shape index (κ2) is 10.8. The lowest BCUT2D eigenvalue weighted by atomic mass is 9.93. The van der Waals surface area contributed by atoms with E-state index in [1.165, 1.54) is 0 Å². The number of hydrogen-bond donors (Lipinski definition) is 2. The van der Waals surface area contributed by atoms with E-state index in [0.29, 0.717) is 46.8 Å². The van der Waals surface area contributed by atoms with E-state index in [-0.39, 0.29) is 17.6 Å². The summed E-state index contributed by atoms with van der Waals surface area (Å²) in [5, 5.41) is 15.7. The molecule has 3 aromatic carbocycles. The van der Waals surface area contributed by atoms with Gasteiger partial charge in [0.1, 0.15) is 5.76 Å². The topological polar surface area (TPSA) is 108 Å². The van der Waals surface area contributed by atoms with E-state index < -0.39 is 0 Å². The highest BCUT2D eigenvalue weighted by atomic mass is 16.4. The zero-order valence-corrected chi connectivity index (χ0v) is 20.3. The highest BCUT2D eigenvalue weighted by molar-refractivity contribution is 6.09. The first-order valence-electron chi connectivity index (χ1n) is 12.0. The van der Waals surface area contributed by atoms with Crippen molar-refractivity contribution in [2.45, 2.75) is 26.2 Å². The summed E-state index contributed by atoms with van der Waals surface area (Å²) in [5.41, 5.74) is 7.41. The molecule has 8 heteroatoms. The number of amides is 2. The summed E-state index contributed by atoms with van der Waals surface area (Å²) >= 11 is 0. The zero-order valence-electron chi connectivity index (χ0n) is 20.3. The third kappa shape index (κ3) is 5.54. The first kappa shape index (κ1) is 23.9. The molecule has 1 aliphatic carbocycles. The largest absolute Gasteiger partial charge is 0.455 e. The van der Waals surface area contributed by atoms with E-state index in [4.69, 9.17) is 4.42 Å². The summed E-state index contributed by atoms with van der Waals surface area (Å²) in [6.45, 7) is 1.84. The average molecular weight is 492 g/mol. The van der Waals surface area contributed by atoms with Gasteiger partial charge < -0.3 is 9.73 Å². The Morgan fingerprint density at radius 2 is 1.43 bits per heavy atom. The number of anilines is 1. The normalized spacial score (nSPS) is 13.9. The molecule has 1 aliphatic rings. The van der Waals surface area contributed by atoms with E-state index in [2.05, 4.69) is 26.1 Å². The van der Waals surface area contributed by atoms with Gasteiger partial charge >= 0.3 is 0 Å². The van der Waals surface area contributed by atoms with E-state index in [0.717, 1.165) is 17.7 Å². The van der Waals surface area contributed by atoms with Crippen molar-refractivity contribution < 1.29 is 14.0 Å². The van der Waals surface area contributed by atoms with Crippen LogP contribution in [0, 0.1) is 6.92 Å². The summed E-state index contributed by atoms with van der Waals surface area (Å²) in [7, 11) is 0. The van der Waals surface area contributed by atoms with Gasteiger partial charge in [-0.05, 0) is 68.3 Å². The van der Waals surface area contributed by atoms with Gasteiger partial charge in [-0.3, -0.25) is 9.59 Å². The molecule has 37 heavy (non-hydrogen) atoms. The molecular weight excluding hydrogens is 466 g/mol. The fourth-order valence-electron chi connectivity index (χ4n) is 4.18. The van der Waals surface area contributed by atoms with Crippen molar-refractivity contribution in [3.05, 3.63) is 113 Å². The van der Waals surface area contributed by atoms with Crippen LogP contribution in [0.15, 0.2) is 105 Å². The molecule has 2 N–H and O–H groups in total. The van der Waals surface area contributed by atoms with Gasteiger partial charge in [-0.2, -0.15) is 15.3 Å². The number of aryl methyl sites for hydroxylation is 1. The van der Waals surface area contributed by atoms with Crippen LogP contribution in [0.2, 0.25) is 0 Å². The standard InChI is InChI=1S/C29H25N5O3/c1-19-26-24(33-34-28(35)20-9-4-2-5-10-20)13-8-14-25(26)37-27(19)29(36)30-21-15-17-23(18-16-21)32-31-22-11-6-3-7-12-22/h2-7,9-12,15-18H,8,13-14H2,1H3,(H,30,36)(H,34,35)/b32-31?,33-24+. The van der Waals surface area contributed by atoms with Gasteiger partial charge in [-0.15, -0.1) is 0 Å². The summed E-state index contributed by atoms with van der Waals surface area (Å²) in [5.74, 6) is 0.310. The molecule has 4 aromatic rings. The first-order chi connectivity index (χ1) is 18.1. The Kier molecular flexibility index (Phi) is 6.98. The number of nitrogens with zero attached hydrogens (tertiary/aromatic N) is 3. The molecule has 8 nitrogen and oxygen atoms in total. The number of hydrogen-bond acceptors (Lipinski definition) is 6. The number of azo groups is 1. The number of hydrazone groups is 1. The van der Waals surface area contributed by atoms with Crippen molar-refractivity contribution in [2.24, 2.45) is 15.3 Å². The molecule has 0 atom stereocenters. The number of carbonyl (C=O) groups is 2. The fourth-order valence-corrected chi connectivity index (χ4v) is 4.18. The molecule has 1 aromatic heterocycles. The monoisotopic (exact) mass is 491 g/mol. The minimum atomic E-state index is -0.349. The number of carbonyl (C=O) groups excluding carboxylic acids is 2. The van der Waals surface area contributed by atoms with Crippen LogP contribution in [0.3, 0.4) is 0 Å². The molecule has 5 rings (SSSR count). The van der Waals surface area contributed by atoms with Crippen LogP contribution in [0.5, 0.6) is 0 Å². The van der Waals surface area contributed by atoms with Crippen LogP contribution in [0.4, 0.5) is 17.1 Å². The number of rotatable bonds is 6. The van der Waals surface area contributed by atoms with Crippen molar-refractivity contribution in [1.82, 2.24) is 5.43 Å². The third-order valence-corrected chi connectivity index (χ3v) is 6.02. The van der Waals surface area contributed by atoms with Crippen molar-refractivity contribution in [3.63, 3.8) is 0 Å². The van der Waals surface area contributed by atoms with Crippen molar-refractivity contribution in [1.29, 1.82) is 0 Å². The second-order valence-corrected chi connectivity index (χ2v) is 8.61. The Morgan fingerprint density at radius 1 is 0.784 bits per heavy atom. The SMILES string of the molecule is Cc1c(C(=O)Nc2ccc(N=Nc3ccccc3)cc2)oc2c1/C(=N/NC(=O)c1ccccc1)CCC2. The van der Waals surface area contributed by atoms with Crippen LogP contribution in [0.25, 0.3) is 0 Å². The summed E-state index contributed by atoms with van der Waals surface area (Å²) in [4.78, 5) is 25.5. The molecule has 0 fully saturated rings. The van der Waals surface area contributed by atoms with Gasteiger partial charge in [0.05, 0.1) is 17.1 Å². The molecule has 0 saturated heterocycles. The van der Waals surface area contributed by atoms with Gasteiger partial charge in [0.15, 0.2) is 5.76 Å². The van der Waals surface area contributed by atoms with Crippen LogP contribution < -0.4 is 10.7 Å². The number of furan rings is 1. The number of nitrogens with one attached hydrogen (secondary N) is 2. The Balaban J connectivity index is 1.29. The lowest BCUT2D eigenvalue weighted by Crippen LogP contribution is -2.22. The molecule has 184 valence electrons. The van der Waals surface area contributed by atoms with Gasteiger partial charge in [0.2, 0.25) is 0 Å². The van der Waals surface area contributed by atoms with Gasteiger partial charge in [-0.1, -0.05) is 36.4 Å². The smallest absolute Gasteiger partial charge is 0.291 e. The zero-order chi connectivity index (χ0) is 25.6. The average Bonchev–Trinajstić information content (AvgIpc) is 3.29. The Hall–Kier alpha value is -4.85. The van der Waals surface area contributed by atoms with E-state index in [9.17, 15) is 9.59 Å². The van der Waals surface area contributed by atoms with Crippen molar-refractivity contribution >= 4 is 34.6 Å². The molecular formula is C29H25N5O3. The lowest BCUT2D eigenvalue weighted by molar-refractivity contribution is 0.0953. The molecule has 0 spiro atoms. The number of fused-ring (bicyclic) bond motifs is 1. The molecule has 0 bridgehead atoms. The molecule has 0 saturated carbocycles. The van der Waals surface area contributed by atoms with Crippen LogP contribution in [0.1, 0.15) is 50.6 Å². The summed E-state index contributed by atoms with van der Waals surface area (Å²) in [6, 6.07) is 25.5. The maximum Gasteiger partial charge on any atom is 0.291 e. The number of benzene rings is 3. The van der Waals surface area contributed by atoms with Crippen LogP contribution in [-0.2, 0) is 6.42 Å². The van der Waals surface area contributed by atoms with Gasteiger partial charge in [-0.25, -0.2) is 5.43 Å². The van der Waals surface area contributed by atoms with E-state index in [1.54, 1.807) is 48.5 Å². The minimum Gasteiger partial charge on any atom is -0.455 e. The summed E-state index contributed by atoms with van der Waals surface area (Å²) < 4.78 is 5.96.